The van der Waals surface area contributed by atoms with E-state index in [-0.39, 0.29) is 16.6 Å². The van der Waals surface area contributed by atoms with Crippen molar-refractivity contribution in [3.05, 3.63) is 33.5 Å². The van der Waals surface area contributed by atoms with Gasteiger partial charge in [-0.1, -0.05) is 0 Å². The number of ether oxygens (including phenoxy) is 1. The van der Waals surface area contributed by atoms with E-state index in [2.05, 4.69) is 15.9 Å². The predicted octanol–water partition coefficient (Wildman–Crippen LogP) is 1.85. The number of benzene rings is 1. The number of rotatable bonds is 4. The molecule has 0 aliphatic heterocycles. The molecule has 16 heavy (non-hydrogen) atoms. The summed E-state index contributed by atoms with van der Waals surface area (Å²) < 4.78 is 18.5. The maximum atomic E-state index is 13.5. The third-order valence-electron chi connectivity index (χ3n) is 1.96. The lowest BCUT2D eigenvalue weighted by Crippen LogP contribution is -2.13. The van der Waals surface area contributed by atoms with E-state index < -0.39 is 17.9 Å². The van der Waals surface area contributed by atoms with Gasteiger partial charge in [-0.05, 0) is 33.6 Å². The van der Waals surface area contributed by atoms with Gasteiger partial charge in [0.05, 0.1) is 11.1 Å². The number of methoxy groups -OCH3 is 1. The second-order valence-corrected chi connectivity index (χ2v) is 4.01. The average Bonchev–Trinajstić information content (AvgIpc) is 2.22. The topological polar surface area (TPSA) is 66.8 Å². The summed E-state index contributed by atoms with van der Waals surface area (Å²) in [7, 11) is 1.46. The van der Waals surface area contributed by atoms with E-state index in [1.807, 2.05) is 0 Å². The molecule has 0 fully saturated rings. The maximum Gasteiger partial charge on any atom is 0.337 e. The summed E-state index contributed by atoms with van der Waals surface area (Å²) in [5.41, 5.74) is 0.292. The van der Waals surface area contributed by atoms with Gasteiger partial charge in [-0.15, -0.1) is 0 Å². The largest absolute Gasteiger partial charge is 0.479 e. The highest BCUT2D eigenvalue weighted by atomic mass is 79.9. The van der Waals surface area contributed by atoms with Gasteiger partial charge in [-0.3, -0.25) is 0 Å². The molecule has 0 bridgehead atoms. The van der Waals surface area contributed by atoms with Crippen LogP contribution in [-0.2, 0) is 16.1 Å². The van der Waals surface area contributed by atoms with Crippen molar-refractivity contribution in [1.82, 2.24) is 0 Å². The number of halogens is 2. The lowest BCUT2D eigenvalue weighted by atomic mass is 10.1. The molecule has 1 aromatic rings. The number of carbonyl (C=O) groups is 1. The summed E-state index contributed by atoms with van der Waals surface area (Å²) >= 11 is 2.95. The highest BCUT2D eigenvalue weighted by Crippen LogP contribution is 2.26. The van der Waals surface area contributed by atoms with Crippen LogP contribution in [0.4, 0.5) is 4.39 Å². The predicted molar refractivity (Wildman–Crippen MR) is 57.4 cm³/mol. The average molecular weight is 293 g/mol. The Morgan fingerprint density at radius 3 is 2.75 bits per heavy atom. The molecule has 1 rings (SSSR count). The Balaban J connectivity index is 3.20. The first-order valence-corrected chi connectivity index (χ1v) is 5.14. The number of aliphatic hydroxyl groups is 1. The van der Waals surface area contributed by atoms with Gasteiger partial charge in [0.1, 0.15) is 5.82 Å². The second-order valence-electron chi connectivity index (χ2n) is 3.15. The molecule has 0 radical (unpaired) electrons. The molecule has 0 aliphatic carbocycles. The Bertz CT molecular complexity index is 408. The van der Waals surface area contributed by atoms with Gasteiger partial charge in [0.15, 0.2) is 6.10 Å². The van der Waals surface area contributed by atoms with Crippen molar-refractivity contribution >= 4 is 21.9 Å². The number of hydrogen-bond donors (Lipinski definition) is 2. The number of hydrogen-bond acceptors (Lipinski definition) is 3. The van der Waals surface area contributed by atoms with Crippen LogP contribution in [0.5, 0.6) is 0 Å². The lowest BCUT2D eigenvalue weighted by molar-refractivity contribution is -0.147. The zero-order chi connectivity index (χ0) is 12.3. The van der Waals surface area contributed by atoms with E-state index in [1.165, 1.54) is 19.2 Å². The van der Waals surface area contributed by atoms with Gasteiger partial charge < -0.3 is 14.9 Å². The van der Waals surface area contributed by atoms with Crippen molar-refractivity contribution in [3.63, 3.8) is 0 Å². The molecule has 1 atom stereocenters. The van der Waals surface area contributed by atoms with Gasteiger partial charge in [0.2, 0.25) is 0 Å². The lowest BCUT2D eigenvalue weighted by Gasteiger charge is -2.11. The Morgan fingerprint density at radius 2 is 2.25 bits per heavy atom. The smallest absolute Gasteiger partial charge is 0.337 e. The first-order valence-electron chi connectivity index (χ1n) is 4.35. The Labute approximate surface area is 99.8 Å². The Hall–Kier alpha value is -0.980. The fourth-order valence-corrected chi connectivity index (χ4v) is 1.77. The molecule has 0 amide bonds. The standard InChI is InChI=1S/C10H10BrFO4/c1-16-4-5-2-6(9(13)10(14)15)8(12)7(11)3-5/h2-3,9,13H,4H2,1H3,(H,14,15). The van der Waals surface area contributed by atoms with Crippen LogP contribution in [-0.4, -0.2) is 23.3 Å². The van der Waals surface area contributed by atoms with Gasteiger partial charge in [-0.25, -0.2) is 9.18 Å². The molecule has 0 aliphatic rings. The SMILES string of the molecule is COCc1cc(Br)c(F)c(C(O)C(=O)O)c1. The first-order chi connectivity index (χ1) is 7.47. The van der Waals surface area contributed by atoms with Gasteiger partial charge >= 0.3 is 5.97 Å². The molecule has 1 unspecified atom stereocenters. The molecule has 2 N–H and O–H groups in total. The van der Waals surface area contributed by atoms with Crippen molar-refractivity contribution in [2.45, 2.75) is 12.7 Å². The van der Waals surface area contributed by atoms with Crippen LogP contribution in [0.3, 0.4) is 0 Å². The molecule has 0 heterocycles. The minimum atomic E-state index is -1.88. The summed E-state index contributed by atoms with van der Waals surface area (Å²) in [6.45, 7) is 0.207. The zero-order valence-corrected chi connectivity index (χ0v) is 9.99. The van der Waals surface area contributed by atoms with E-state index in [9.17, 15) is 14.3 Å². The minimum Gasteiger partial charge on any atom is -0.479 e. The molecule has 4 nitrogen and oxygen atoms in total. The maximum absolute atomic E-state index is 13.5. The van der Waals surface area contributed by atoms with Crippen LogP contribution in [0.25, 0.3) is 0 Å². The normalized spacial score (nSPS) is 12.5. The Morgan fingerprint density at radius 1 is 1.62 bits per heavy atom. The summed E-state index contributed by atoms with van der Waals surface area (Å²) in [5.74, 6) is -2.28. The summed E-state index contributed by atoms with van der Waals surface area (Å²) in [6, 6.07) is 2.74. The van der Waals surface area contributed by atoms with Crippen molar-refractivity contribution in [1.29, 1.82) is 0 Å². The van der Waals surface area contributed by atoms with E-state index in [4.69, 9.17) is 9.84 Å². The van der Waals surface area contributed by atoms with Crippen molar-refractivity contribution in [2.24, 2.45) is 0 Å². The van der Waals surface area contributed by atoms with Crippen LogP contribution in [0.1, 0.15) is 17.2 Å². The first kappa shape index (κ1) is 13.1. The molecular weight excluding hydrogens is 283 g/mol. The van der Waals surface area contributed by atoms with Gasteiger partial charge in [-0.2, -0.15) is 0 Å². The van der Waals surface area contributed by atoms with E-state index in [0.29, 0.717) is 5.56 Å². The van der Waals surface area contributed by atoms with Crippen molar-refractivity contribution in [2.75, 3.05) is 7.11 Å². The number of aliphatic hydroxyl groups excluding tert-OH is 1. The van der Waals surface area contributed by atoms with Crippen LogP contribution in [0, 0.1) is 5.82 Å². The number of carboxylic acids is 1. The molecule has 0 aromatic heterocycles. The molecule has 0 saturated carbocycles. The molecule has 0 spiro atoms. The Kier molecular flexibility index (Phi) is 4.40. The van der Waals surface area contributed by atoms with E-state index in [0.717, 1.165) is 0 Å². The molecular formula is C10H10BrFO4. The quantitative estimate of drug-likeness (QED) is 0.889. The highest BCUT2D eigenvalue weighted by molar-refractivity contribution is 9.10. The number of carboxylic acid groups (broad SMARTS) is 1. The summed E-state index contributed by atoms with van der Waals surface area (Å²) in [5, 5.41) is 17.9. The third-order valence-corrected chi connectivity index (χ3v) is 2.53. The van der Waals surface area contributed by atoms with Crippen LogP contribution < -0.4 is 0 Å². The summed E-state index contributed by atoms with van der Waals surface area (Å²) in [6.07, 6.45) is -1.88. The van der Waals surface area contributed by atoms with E-state index >= 15 is 0 Å². The minimum absolute atomic E-state index is 0.0948. The van der Waals surface area contributed by atoms with Gasteiger partial charge in [0, 0.05) is 12.7 Å². The van der Waals surface area contributed by atoms with E-state index in [1.54, 1.807) is 0 Å². The van der Waals surface area contributed by atoms with Crippen LogP contribution in [0.2, 0.25) is 0 Å². The second kappa shape index (κ2) is 5.38. The molecule has 1 aromatic carbocycles. The monoisotopic (exact) mass is 292 g/mol. The molecule has 0 saturated heterocycles. The molecule has 88 valence electrons. The van der Waals surface area contributed by atoms with Gasteiger partial charge in [0.25, 0.3) is 0 Å². The summed E-state index contributed by atoms with van der Waals surface area (Å²) in [4.78, 5) is 10.6. The zero-order valence-electron chi connectivity index (χ0n) is 8.41. The van der Waals surface area contributed by atoms with Crippen molar-refractivity contribution in [3.8, 4) is 0 Å². The highest BCUT2D eigenvalue weighted by Gasteiger charge is 2.22. The number of aliphatic carboxylic acids is 1. The van der Waals surface area contributed by atoms with Crippen LogP contribution in [0.15, 0.2) is 16.6 Å². The fourth-order valence-electron chi connectivity index (χ4n) is 1.25. The van der Waals surface area contributed by atoms with Crippen molar-refractivity contribution < 1.29 is 24.1 Å². The molecule has 6 heteroatoms. The van der Waals surface area contributed by atoms with Crippen LogP contribution >= 0.6 is 15.9 Å². The fraction of sp³-hybridized carbons (Fsp3) is 0.300. The third kappa shape index (κ3) is 2.78.